The van der Waals surface area contributed by atoms with Gasteiger partial charge in [-0.2, -0.15) is 0 Å². The summed E-state index contributed by atoms with van der Waals surface area (Å²) in [5.41, 5.74) is 5.50. The van der Waals surface area contributed by atoms with Gasteiger partial charge in [-0.1, -0.05) is 82.8 Å². The average molecular weight is 550 g/mol. The molecule has 0 heterocycles. The van der Waals surface area contributed by atoms with Crippen molar-refractivity contribution < 1.29 is 18.7 Å². The number of hydrogen-bond donors (Lipinski definition) is 0. The molecular formula is C35H48FNO3. The van der Waals surface area contributed by atoms with E-state index in [0.717, 1.165) is 53.2 Å². The first-order chi connectivity index (χ1) is 19.2. The van der Waals surface area contributed by atoms with E-state index in [2.05, 4.69) is 25.4 Å². The maximum absolute atomic E-state index is 13.0. The van der Waals surface area contributed by atoms with Crippen molar-refractivity contribution in [3.63, 3.8) is 0 Å². The molecule has 0 fully saturated rings. The molecule has 0 saturated carbocycles. The minimum Gasteiger partial charge on any atom is -0.496 e. The predicted octanol–water partition coefficient (Wildman–Crippen LogP) is 10.0. The Morgan fingerprint density at radius 1 is 1.05 bits per heavy atom. The molecule has 0 aliphatic heterocycles. The van der Waals surface area contributed by atoms with E-state index >= 15 is 0 Å². The second-order valence-corrected chi connectivity index (χ2v) is 8.79. The first-order valence-corrected chi connectivity index (χ1v) is 14.0. The Morgan fingerprint density at radius 3 is 2.15 bits per heavy atom. The van der Waals surface area contributed by atoms with Crippen LogP contribution in [0.1, 0.15) is 79.9 Å². The molecule has 4 nitrogen and oxygen atoms in total. The van der Waals surface area contributed by atoms with Crippen LogP contribution in [0.4, 0.5) is 4.39 Å². The van der Waals surface area contributed by atoms with Crippen LogP contribution in [0.15, 0.2) is 95.7 Å². The van der Waals surface area contributed by atoms with Gasteiger partial charge in [-0.25, -0.2) is 4.39 Å². The van der Waals surface area contributed by atoms with Gasteiger partial charge < -0.3 is 9.47 Å². The molecule has 2 aromatic rings. The third-order valence-corrected chi connectivity index (χ3v) is 5.28. The topological polar surface area (TPSA) is 47.9 Å². The first kappa shape index (κ1) is 36.4. The van der Waals surface area contributed by atoms with Crippen molar-refractivity contribution in [2.24, 2.45) is 4.99 Å². The van der Waals surface area contributed by atoms with Gasteiger partial charge in [0, 0.05) is 24.0 Å². The molecule has 0 aliphatic carbocycles. The van der Waals surface area contributed by atoms with Gasteiger partial charge in [0.25, 0.3) is 0 Å². The van der Waals surface area contributed by atoms with E-state index in [4.69, 9.17) is 9.47 Å². The fourth-order valence-corrected chi connectivity index (χ4v) is 3.63. The molecule has 0 spiro atoms. The smallest absolute Gasteiger partial charge is 0.154 e. The molecule has 1 atom stereocenters. The lowest BCUT2D eigenvalue weighted by Crippen LogP contribution is -2.06. The van der Waals surface area contributed by atoms with Crippen LogP contribution in [-0.2, 0) is 9.53 Å². The highest BCUT2D eigenvalue weighted by Gasteiger charge is 2.16. The van der Waals surface area contributed by atoms with Crippen LogP contribution in [0.2, 0.25) is 0 Å². The minimum atomic E-state index is -0.230. The van der Waals surface area contributed by atoms with Crippen molar-refractivity contribution in [2.75, 3.05) is 13.7 Å². The number of aliphatic imine (C=N–C) groups is 1. The first-order valence-electron chi connectivity index (χ1n) is 14.0. The number of hydrogen-bond acceptors (Lipinski definition) is 4. The van der Waals surface area contributed by atoms with Crippen molar-refractivity contribution in [2.45, 2.75) is 74.3 Å². The van der Waals surface area contributed by atoms with Crippen molar-refractivity contribution in [3.05, 3.63) is 102 Å². The highest BCUT2D eigenvalue weighted by molar-refractivity contribution is 5.90. The zero-order chi connectivity index (χ0) is 30.5. The summed E-state index contributed by atoms with van der Waals surface area (Å²) in [6.45, 7) is 19.8. The van der Waals surface area contributed by atoms with E-state index in [1.54, 1.807) is 25.3 Å². The molecule has 0 bridgehead atoms. The highest BCUT2D eigenvalue weighted by Crippen LogP contribution is 2.34. The number of allylic oxidation sites excluding steroid dienone is 5. The largest absolute Gasteiger partial charge is 0.496 e. The number of carbonyl (C=O) groups is 1. The van der Waals surface area contributed by atoms with Crippen LogP contribution in [0.5, 0.6) is 5.75 Å². The van der Waals surface area contributed by atoms with Crippen LogP contribution >= 0.6 is 0 Å². The molecule has 0 aliphatic rings. The fourth-order valence-electron chi connectivity index (χ4n) is 3.63. The fraction of sp³-hybridized carbons (Fsp3) is 0.371. The molecule has 2 aromatic carbocycles. The van der Waals surface area contributed by atoms with E-state index in [1.165, 1.54) is 25.1 Å². The Kier molecular flexibility index (Phi) is 19.4. The van der Waals surface area contributed by atoms with Crippen molar-refractivity contribution in [3.8, 4) is 16.9 Å². The third-order valence-electron chi connectivity index (χ3n) is 5.28. The summed E-state index contributed by atoms with van der Waals surface area (Å²) in [4.78, 5) is 15.5. The number of nitrogens with zero attached hydrogens (tertiary/aromatic N) is 1. The maximum atomic E-state index is 13.0. The van der Waals surface area contributed by atoms with Gasteiger partial charge in [-0.3, -0.25) is 9.79 Å². The molecular weight excluding hydrogens is 501 g/mol. The number of rotatable bonds is 12. The quantitative estimate of drug-likeness (QED) is 0.150. The minimum absolute atomic E-state index is 0.0144. The molecule has 0 N–H and O–H groups in total. The van der Waals surface area contributed by atoms with Gasteiger partial charge in [0.05, 0.1) is 18.9 Å². The lowest BCUT2D eigenvalue weighted by Gasteiger charge is -2.19. The van der Waals surface area contributed by atoms with E-state index in [9.17, 15) is 9.18 Å². The average Bonchev–Trinajstić information content (AvgIpc) is 2.94. The summed E-state index contributed by atoms with van der Waals surface area (Å²) >= 11 is 0. The summed E-state index contributed by atoms with van der Waals surface area (Å²) in [5, 5.41) is 0. The lowest BCUT2D eigenvalue weighted by atomic mass is 9.99. The van der Waals surface area contributed by atoms with Crippen LogP contribution < -0.4 is 4.74 Å². The van der Waals surface area contributed by atoms with Crippen LogP contribution in [0.25, 0.3) is 11.1 Å². The van der Waals surface area contributed by atoms with Gasteiger partial charge in [0.2, 0.25) is 0 Å². The Morgan fingerprint density at radius 2 is 1.68 bits per heavy atom. The van der Waals surface area contributed by atoms with Gasteiger partial charge in [0.15, 0.2) is 5.78 Å². The second-order valence-electron chi connectivity index (χ2n) is 8.79. The normalized spacial score (nSPS) is 11.9. The molecule has 1 unspecified atom stereocenters. The molecule has 0 aromatic heterocycles. The summed E-state index contributed by atoms with van der Waals surface area (Å²) in [6.07, 6.45) is 10.8. The van der Waals surface area contributed by atoms with Crippen molar-refractivity contribution in [1.29, 1.82) is 0 Å². The zero-order valence-electron chi connectivity index (χ0n) is 25.9. The number of ether oxygens (including phenoxy) is 2. The van der Waals surface area contributed by atoms with Crippen molar-refractivity contribution >= 4 is 11.5 Å². The van der Waals surface area contributed by atoms with Gasteiger partial charge in [0.1, 0.15) is 11.6 Å². The summed E-state index contributed by atoms with van der Waals surface area (Å²) in [5.74, 6) is 0.565. The van der Waals surface area contributed by atoms with Gasteiger partial charge in [-0.05, 0) is 75.4 Å². The van der Waals surface area contributed by atoms with Gasteiger partial charge >= 0.3 is 0 Å². The number of ketones is 1. The van der Waals surface area contributed by atoms with E-state index in [0.29, 0.717) is 5.70 Å². The second kappa shape index (κ2) is 21.3. The highest BCUT2D eigenvalue weighted by atomic mass is 19.1. The van der Waals surface area contributed by atoms with E-state index < -0.39 is 0 Å². The number of carbonyl (C=O) groups excluding carboxylic acids is 1. The van der Waals surface area contributed by atoms with Crippen LogP contribution in [0, 0.1) is 5.82 Å². The molecule has 5 heteroatoms. The Bertz CT molecular complexity index is 1150. The Hall–Kier alpha value is -3.57. The zero-order valence-corrected chi connectivity index (χ0v) is 25.9. The van der Waals surface area contributed by atoms with Gasteiger partial charge in [-0.15, -0.1) is 0 Å². The van der Waals surface area contributed by atoms with E-state index in [1.807, 2.05) is 71.0 Å². The molecule has 40 heavy (non-hydrogen) atoms. The molecule has 218 valence electrons. The third kappa shape index (κ3) is 13.5. The standard InChI is InChI=1S/C19H23FO2.C14H19NO.C2H6/c1-4-12-22-18(5-2)17-11-8-15(13-19(17)21-3)14-6-9-16(20)10-7-14;1-6-8-13(9-7-2)14(10-12(5)16)15-11(3)4;1-2/h6-11,13,18H,4-5,12H2,1-3H3;6-10H,1H2,2-5H3;1-2H3/b;9-7-,13-8+,14-10-;. The summed E-state index contributed by atoms with van der Waals surface area (Å²) < 4.78 is 24.5. The maximum Gasteiger partial charge on any atom is 0.154 e. The summed E-state index contributed by atoms with van der Waals surface area (Å²) in [6, 6.07) is 12.5. The van der Waals surface area contributed by atoms with E-state index in [-0.39, 0.29) is 17.7 Å². The molecule has 0 saturated heterocycles. The molecule has 0 amide bonds. The molecule has 2 rings (SSSR count). The molecule has 0 radical (unpaired) electrons. The van der Waals surface area contributed by atoms with Crippen molar-refractivity contribution in [1.82, 2.24) is 0 Å². The summed E-state index contributed by atoms with van der Waals surface area (Å²) in [7, 11) is 1.67. The number of benzene rings is 2. The van der Waals surface area contributed by atoms with Crippen LogP contribution in [-0.4, -0.2) is 25.2 Å². The SMILES string of the molecule is C=C/C=C(\C=C/C)C(=C/C(C)=O)/N=C(C)C.CC.CCCOC(CC)c1ccc(-c2ccc(F)cc2)cc1OC. The predicted molar refractivity (Wildman–Crippen MR) is 170 cm³/mol. The Labute approximate surface area is 242 Å². The lowest BCUT2D eigenvalue weighted by molar-refractivity contribution is -0.112. The van der Waals surface area contributed by atoms with Crippen LogP contribution in [0.3, 0.4) is 0 Å². The monoisotopic (exact) mass is 549 g/mol. The number of methoxy groups -OCH3 is 1. The number of halogens is 1. The Balaban J connectivity index is 0.000000752.